The largest absolute Gasteiger partial charge is 0.493 e. The molecule has 0 fully saturated rings. The van der Waals surface area contributed by atoms with Gasteiger partial charge in [-0.3, -0.25) is 0 Å². The van der Waals surface area contributed by atoms with E-state index in [1.165, 1.54) is 11.1 Å². The summed E-state index contributed by atoms with van der Waals surface area (Å²) in [7, 11) is 3.14. The second-order valence-electron chi connectivity index (χ2n) is 7.27. The Morgan fingerprint density at radius 3 is 2.20 bits per heavy atom. The summed E-state index contributed by atoms with van der Waals surface area (Å²) in [5, 5.41) is 4.22. The van der Waals surface area contributed by atoms with E-state index in [1.54, 1.807) is 26.4 Å². The van der Waals surface area contributed by atoms with E-state index in [1.807, 2.05) is 30.3 Å². The lowest BCUT2D eigenvalue weighted by molar-refractivity contribution is 0.355. The van der Waals surface area contributed by atoms with Gasteiger partial charge in [0.05, 0.1) is 19.8 Å². The van der Waals surface area contributed by atoms with Crippen LogP contribution in [-0.2, 0) is 0 Å². The molecule has 5 heteroatoms. The van der Waals surface area contributed by atoms with Crippen molar-refractivity contribution in [3.8, 4) is 22.6 Å². The highest BCUT2D eigenvalue weighted by Crippen LogP contribution is 2.32. The quantitative estimate of drug-likeness (QED) is 0.426. The molecule has 30 heavy (non-hydrogen) atoms. The highest BCUT2D eigenvalue weighted by molar-refractivity contribution is 5.85. The zero-order valence-electron chi connectivity index (χ0n) is 17.4. The molecule has 0 radical (unpaired) electrons. The van der Waals surface area contributed by atoms with Crippen LogP contribution in [0.15, 0.2) is 69.9 Å². The van der Waals surface area contributed by atoms with Crippen molar-refractivity contribution in [2.75, 3.05) is 19.5 Å². The monoisotopic (exact) mass is 401 g/mol. The molecule has 1 N–H and O–H groups in total. The van der Waals surface area contributed by atoms with Gasteiger partial charge in [-0.15, -0.1) is 0 Å². The van der Waals surface area contributed by atoms with Crippen LogP contribution in [0.25, 0.3) is 22.1 Å². The third-order valence-corrected chi connectivity index (χ3v) is 4.94. The van der Waals surface area contributed by atoms with Gasteiger partial charge in [0.25, 0.3) is 0 Å². The number of fused-ring (bicyclic) bond motifs is 1. The summed E-state index contributed by atoms with van der Waals surface area (Å²) >= 11 is 0. The fraction of sp³-hybridized carbons (Fsp3) is 0.160. The number of nitrogens with one attached hydrogen (secondary N) is 1. The van der Waals surface area contributed by atoms with Crippen molar-refractivity contribution in [3.05, 3.63) is 82.2 Å². The minimum Gasteiger partial charge on any atom is -0.493 e. The molecular formula is C25H23NO4. The van der Waals surface area contributed by atoms with Crippen LogP contribution in [0.3, 0.4) is 0 Å². The van der Waals surface area contributed by atoms with Crippen molar-refractivity contribution in [2.24, 2.45) is 0 Å². The van der Waals surface area contributed by atoms with Crippen molar-refractivity contribution in [3.63, 3.8) is 0 Å². The van der Waals surface area contributed by atoms with Crippen molar-refractivity contribution in [2.45, 2.75) is 13.8 Å². The lowest BCUT2D eigenvalue weighted by atomic mass is 10.0. The van der Waals surface area contributed by atoms with Crippen molar-refractivity contribution in [1.82, 2.24) is 0 Å². The van der Waals surface area contributed by atoms with Gasteiger partial charge in [-0.1, -0.05) is 12.1 Å². The molecule has 0 saturated heterocycles. The van der Waals surface area contributed by atoms with E-state index in [0.717, 1.165) is 16.8 Å². The van der Waals surface area contributed by atoms with Crippen LogP contribution in [0.4, 0.5) is 11.4 Å². The number of hydrogen-bond donors (Lipinski definition) is 1. The molecule has 0 bridgehead atoms. The highest BCUT2D eigenvalue weighted by Gasteiger charge is 2.12. The first kappa shape index (κ1) is 19.6. The second-order valence-corrected chi connectivity index (χ2v) is 7.27. The van der Waals surface area contributed by atoms with Gasteiger partial charge in [-0.2, -0.15) is 0 Å². The minimum atomic E-state index is -0.404. The molecule has 1 heterocycles. The Bertz CT molecular complexity index is 1270. The van der Waals surface area contributed by atoms with Crippen LogP contribution in [-0.4, -0.2) is 14.2 Å². The molecule has 0 amide bonds. The van der Waals surface area contributed by atoms with Crippen molar-refractivity contribution in [1.29, 1.82) is 0 Å². The molecule has 0 aliphatic carbocycles. The van der Waals surface area contributed by atoms with Gasteiger partial charge in [0.1, 0.15) is 5.58 Å². The van der Waals surface area contributed by atoms with Crippen molar-refractivity contribution >= 4 is 22.3 Å². The van der Waals surface area contributed by atoms with Gasteiger partial charge >= 0.3 is 5.63 Å². The minimum absolute atomic E-state index is 0.404. The maximum Gasteiger partial charge on any atom is 0.344 e. The molecule has 0 atom stereocenters. The van der Waals surface area contributed by atoms with Crippen LogP contribution in [0.2, 0.25) is 0 Å². The molecule has 4 aromatic rings. The normalized spacial score (nSPS) is 10.8. The predicted octanol–water partition coefficient (Wildman–Crippen LogP) is 5.84. The Labute approximate surface area is 174 Å². The summed E-state index contributed by atoms with van der Waals surface area (Å²) in [5.41, 5.74) is 5.52. The first-order chi connectivity index (χ1) is 14.5. The van der Waals surface area contributed by atoms with Crippen LogP contribution >= 0.6 is 0 Å². The summed E-state index contributed by atoms with van der Waals surface area (Å²) in [6, 6.07) is 19.2. The first-order valence-electron chi connectivity index (χ1n) is 9.62. The maximum atomic E-state index is 12.7. The van der Waals surface area contributed by atoms with E-state index in [2.05, 4.69) is 37.4 Å². The van der Waals surface area contributed by atoms with Gasteiger partial charge < -0.3 is 19.2 Å². The molecule has 0 aliphatic rings. The fourth-order valence-corrected chi connectivity index (χ4v) is 3.61. The third kappa shape index (κ3) is 3.87. The summed E-state index contributed by atoms with van der Waals surface area (Å²) in [6.07, 6.45) is 0. The van der Waals surface area contributed by atoms with Crippen molar-refractivity contribution < 1.29 is 13.9 Å². The number of aryl methyl sites for hydroxylation is 2. The number of methoxy groups -OCH3 is 2. The lowest BCUT2D eigenvalue weighted by Crippen LogP contribution is -2.03. The Morgan fingerprint density at radius 1 is 0.767 bits per heavy atom. The number of rotatable bonds is 5. The average molecular weight is 401 g/mol. The van der Waals surface area contributed by atoms with Gasteiger partial charge in [0.15, 0.2) is 11.5 Å². The van der Waals surface area contributed by atoms with E-state index in [-0.39, 0.29) is 0 Å². The first-order valence-corrected chi connectivity index (χ1v) is 9.62. The summed E-state index contributed by atoms with van der Waals surface area (Å²) < 4.78 is 16.3. The molecule has 5 nitrogen and oxygen atoms in total. The van der Waals surface area contributed by atoms with Crippen LogP contribution < -0.4 is 20.4 Å². The zero-order chi connectivity index (χ0) is 21.3. The highest BCUT2D eigenvalue weighted by atomic mass is 16.5. The standard InChI is InChI=1S/C25H23NO4/c1-15-9-16(2)11-20(10-15)26-19-7-5-18-12-21(25(27)30-23(18)14-19)17-6-8-22(28-3)24(13-17)29-4/h5-14,26H,1-4H3. The average Bonchev–Trinajstić information content (AvgIpc) is 2.72. The van der Waals surface area contributed by atoms with Gasteiger partial charge in [-0.25, -0.2) is 4.79 Å². The molecule has 0 unspecified atom stereocenters. The van der Waals surface area contributed by atoms with Crippen LogP contribution in [0.1, 0.15) is 11.1 Å². The van der Waals surface area contributed by atoms with E-state index >= 15 is 0 Å². The molecule has 4 rings (SSSR count). The molecule has 1 aromatic heterocycles. The molecule has 0 saturated carbocycles. The smallest absolute Gasteiger partial charge is 0.344 e. The van der Waals surface area contributed by atoms with Crippen LogP contribution in [0, 0.1) is 13.8 Å². The Kier molecular flexibility index (Phi) is 5.19. The molecule has 0 aliphatic heterocycles. The molecule has 0 spiro atoms. The fourth-order valence-electron chi connectivity index (χ4n) is 3.61. The number of hydrogen-bond acceptors (Lipinski definition) is 5. The van der Waals surface area contributed by atoms with Gasteiger partial charge in [0.2, 0.25) is 0 Å². The maximum absolute atomic E-state index is 12.7. The Hall–Kier alpha value is -3.73. The Morgan fingerprint density at radius 2 is 1.50 bits per heavy atom. The van der Waals surface area contributed by atoms with E-state index < -0.39 is 5.63 Å². The summed E-state index contributed by atoms with van der Waals surface area (Å²) in [4.78, 5) is 12.7. The topological polar surface area (TPSA) is 60.7 Å². The summed E-state index contributed by atoms with van der Waals surface area (Å²) in [6.45, 7) is 4.13. The van der Waals surface area contributed by atoms with E-state index in [0.29, 0.717) is 28.2 Å². The molecular weight excluding hydrogens is 378 g/mol. The molecule has 152 valence electrons. The summed E-state index contributed by atoms with van der Waals surface area (Å²) in [5.74, 6) is 1.16. The van der Waals surface area contributed by atoms with E-state index in [9.17, 15) is 4.79 Å². The van der Waals surface area contributed by atoms with E-state index in [4.69, 9.17) is 13.9 Å². The van der Waals surface area contributed by atoms with Gasteiger partial charge in [0, 0.05) is 22.8 Å². The second kappa shape index (κ2) is 7.95. The third-order valence-electron chi connectivity index (χ3n) is 4.94. The number of ether oxygens (including phenoxy) is 2. The number of benzene rings is 3. The number of anilines is 2. The zero-order valence-corrected chi connectivity index (χ0v) is 17.4. The Balaban J connectivity index is 1.71. The van der Waals surface area contributed by atoms with Crippen LogP contribution in [0.5, 0.6) is 11.5 Å². The molecule has 3 aromatic carbocycles. The SMILES string of the molecule is COc1ccc(-c2cc3ccc(Nc4cc(C)cc(C)c4)cc3oc2=O)cc1OC. The lowest BCUT2D eigenvalue weighted by Gasteiger charge is -2.11. The van der Waals surface area contributed by atoms with Gasteiger partial charge in [-0.05, 0) is 73.0 Å². The predicted molar refractivity (Wildman–Crippen MR) is 120 cm³/mol.